The highest BCUT2D eigenvalue weighted by Gasteiger charge is 2.36. The number of nitrogens with zero attached hydrogens (tertiary/aromatic N) is 1. The second kappa shape index (κ2) is 4.75. The fraction of sp³-hybridized carbons (Fsp3) is 0.900. The maximum atomic E-state index is 11.7. The highest BCUT2D eigenvalue weighted by molar-refractivity contribution is 5.79. The van der Waals surface area contributed by atoms with Crippen LogP contribution in [-0.2, 0) is 9.53 Å². The zero-order valence-electron chi connectivity index (χ0n) is 9.30. The molecular weight excluding hydrogens is 180 g/mol. The molecule has 0 aromatic carbocycles. The molecule has 0 spiro atoms. The van der Waals surface area contributed by atoms with Crippen LogP contribution in [0.25, 0.3) is 0 Å². The van der Waals surface area contributed by atoms with Gasteiger partial charge in [0.1, 0.15) is 5.54 Å². The van der Waals surface area contributed by atoms with Gasteiger partial charge < -0.3 is 10.1 Å². The maximum Gasteiger partial charge on any atom is 0.325 e. The first-order valence-corrected chi connectivity index (χ1v) is 5.22. The monoisotopic (exact) mass is 200 g/mol. The molecule has 0 amide bonds. The van der Waals surface area contributed by atoms with Crippen LogP contribution in [0.1, 0.15) is 20.8 Å². The largest absolute Gasteiger partial charge is 0.465 e. The zero-order valence-corrected chi connectivity index (χ0v) is 9.30. The molecule has 1 aliphatic rings. The smallest absolute Gasteiger partial charge is 0.325 e. The topological polar surface area (TPSA) is 41.6 Å². The molecule has 1 fully saturated rings. The van der Waals surface area contributed by atoms with E-state index in [2.05, 4.69) is 10.2 Å². The molecule has 0 unspecified atom stereocenters. The lowest BCUT2D eigenvalue weighted by Crippen LogP contribution is -2.57. The molecule has 0 atom stereocenters. The fourth-order valence-electron chi connectivity index (χ4n) is 1.66. The SMILES string of the molecule is CCOC(=O)C(C)(C)N1CCNCC1. The zero-order chi connectivity index (χ0) is 10.6. The molecule has 4 nitrogen and oxygen atoms in total. The van der Waals surface area contributed by atoms with Crippen molar-refractivity contribution in [1.82, 2.24) is 10.2 Å². The lowest BCUT2D eigenvalue weighted by Gasteiger charge is -2.38. The van der Waals surface area contributed by atoms with Crippen molar-refractivity contribution in [3.05, 3.63) is 0 Å². The van der Waals surface area contributed by atoms with Gasteiger partial charge in [-0.1, -0.05) is 0 Å². The van der Waals surface area contributed by atoms with Gasteiger partial charge in [0, 0.05) is 26.2 Å². The Bertz CT molecular complexity index is 198. The van der Waals surface area contributed by atoms with Gasteiger partial charge in [-0.25, -0.2) is 0 Å². The standard InChI is InChI=1S/C10H20N2O2/c1-4-14-9(13)10(2,3)12-7-5-11-6-8-12/h11H,4-8H2,1-3H3. The van der Waals surface area contributed by atoms with Gasteiger partial charge in [0.25, 0.3) is 0 Å². The third-order valence-corrected chi connectivity index (χ3v) is 2.68. The number of hydrogen-bond donors (Lipinski definition) is 1. The Balaban J connectivity index is 2.57. The average Bonchev–Trinajstić information content (AvgIpc) is 2.19. The van der Waals surface area contributed by atoms with Gasteiger partial charge in [0.05, 0.1) is 6.61 Å². The number of piperazine rings is 1. The summed E-state index contributed by atoms with van der Waals surface area (Å²) in [6, 6.07) is 0. The maximum absolute atomic E-state index is 11.7. The summed E-state index contributed by atoms with van der Waals surface area (Å²) in [6.45, 7) is 9.86. The van der Waals surface area contributed by atoms with Crippen molar-refractivity contribution < 1.29 is 9.53 Å². The molecule has 4 heteroatoms. The molecule has 0 bridgehead atoms. The molecule has 1 aliphatic heterocycles. The summed E-state index contributed by atoms with van der Waals surface area (Å²) >= 11 is 0. The van der Waals surface area contributed by atoms with E-state index in [1.54, 1.807) is 0 Å². The third kappa shape index (κ3) is 2.45. The van der Waals surface area contributed by atoms with E-state index in [-0.39, 0.29) is 5.97 Å². The quantitative estimate of drug-likeness (QED) is 0.662. The summed E-state index contributed by atoms with van der Waals surface area (Å²) in [5.74, 6) is -0.123. The van der Waals surface area contributed by atoms with Gasteiger partial charge in [-0.15, -0.1) is 0 Å². The van der Waals surface area contributed by atoms with E-state index >= 15 is 0 Å². The molecule has 1 saturated heterocycles. The molecule has 1 N–H and O–H groups in total. The van der Waals surface area contributed by atoms with Crippen molar-refractivity contribution in [3.8, 4) is 0 Å². The molecule has 82 valence electrons. The molecule has 0 saturated carbocycles. The molecule has 0 radical (unpaired) electrons. The van der Waals surface area contributed by atoms with Gasteiger partial charge in [-0.05, 0) is 20.8 Å². The summed E-state index contributed by atoms with van der Waals surface area (Å²) < 4.78 is 5.06. The predicted molar refractivity (Wildman–Crippen MR) is 55.2 cm³/mol. The van der Waals surface area contributed by atoms with E-state index in [0.29, 0.717) is 6.61 Å². The van der Waals surface area contributed by atoms with E-state index < -0.39 is 5.54 Å². The second-order valence-corrected chi connectivity index (χ2v) is 4.02. The van der Waals surface area contributed by atoms with Crippen LogP contribution < -0.4 is 5.32 Å². The minimum Gasteiger partial charge on any atom is -0.465 e. The number of nitrogens with one attached hydrogen (secondary N) is 1. The average molecular weight is 200 g/mol. The van der Waals surface area contributed by atoms with E-state index in [4.69, 9.17) is 4.74 Å². The van der Waals surface area contributed by atoms with Crippen LogP contribution >= 0.6 is 0 Å². The minimum atomic E-state index is -0.488. The lowest BCUT2D eigenvalue weighted by atomic mass is 10.0. The normalized spacial score (nSPS) is 19.4. The first-order chi connectivity index (χ1) is 6.59. The Labute approximate surface area is 85.6 Å². The predicted octanol–water partition coefficient (Wildman–Crippen LogP) is 0.233. The Hall–Kier alpha value is -0.610. The first kappa shape index (κ1) is 11.5. The van der Waals surface area contributed by atoms with E-state index in [1.807, 2.05) is 20.8 Å². The highest BCUT2D eigenvalue weighted by Crippen LogP contribution is 2.16. The van der Waals surface area contributed by atoms with Crippen molar-refractivity contribution in [1.29, 1.82) is 0 Å². The summed E-state index contributed by atoms with van der Waals surface area (Å²) in [6.07, 6.45) is 0. The van der Waals surface area contributed by atoms with Crippen molar-refractivity contribution in [2.75, 3.05) is 32.8 Å². The van der Waals surface area contributed by atoms with Crippen LogP contribution in [0.2, 0.25) is 0 Å². The van der Waals surface area contributed by atoms with Gasteiger partial charge >= 0.3 is 5.97 Å². The molecule has 1 rings (SSSR count). The summed E-state index contributed by atoms with van der Waals surface area (Å²) in [7, 11) is 0. The van der Waals surface area contributed by atoms with Crippen LogP contribution in [-0.4, -0.2) is 49.2 Å². The minimum absolute atomic E-state index is 0.123. The van der Waals surface area contributed by atoms with E-state index in [0.717, 1.165) is 26.2 Å². The molecule has 0 aliphatic carbocycles. The van der Waals surface area contributed by atoms with E-state index in [1.165, 1.54) is 0 Å². The summed E-state index contributed by atoms with van der Waals surface area (Å²) in [4.78, 5) is 13.8. The van der Waals surface area contributed by atoms with Gasteiger partial charge in [0.15, 0.2) is 0 Å². The molecular formula is C10H20N2O2. The Morgan fingerprint density at radius 1 is 1.43 bits per heavy atom. The van der Waals surface area contributed by atoms with Crippen molar-refractivity contribution in [2.24, 2.45) is 0 Å². The van der Waals surface area contributed by atoms with Crippen LogP contribution in [0.3, 0.4) is 0 Å². The van der Waals surface area contributed by atoms with Crippen molar-refractivity contribution >= 4 is 5.97 Å². The first-order valence-electron chi connectivity index (χ1n) is 5.22. The number of rotatable bonds is 3. The molecule has 1 heterocycles. The van der Waals surface area contributed by atoms with Crippen LogP contribution in [0, 0.1) is 0 Å². The Morgan fingerprint density at radius 2 is 2.00 bits per heavy atom. The van der Waals surface area contributed by atoms with E-state index in [9.17, 15) is 4.79 Å². The van der Waals surface area contributed by atoms with Gasteiger partial charge in [-0.2, -0.15) is 0 Å². The second-order valence-electron chi connectivity index (χ2n) is 4.02. The summed E-state index contributed by atoms with van der Waals surface area (Å²) in [5.41, 5.74) is -0.488. The number of hydrogen-bond acceptors (Lipinski definition) is 4. The molecule has 14 heavy (non-hydrogen) atoms. The van der Waals surface area contributed by atoms with Crippen LogP contribution in [0.4, 0.5) is 0 Å². The molecule has 0 aromatic heterocycles. The van der Waals surface area contributed by atoms with Crippen molar-refractivity contribution in [2.45, 2.75) is 26.3 Å². The number of carbonyl (C=O) groups excluding carboxylic acids is 1. The lowest BCUT2D eigenvalue weighted by molar-refractivity contribution is -0.156. The third-order valence-electron chi connectivity index (χ3n) is 2.68. The molecule has 0 aromatic rings. The highest BCUT2D eigenvalue weighted by atomic mass is 16.5. The van der Waals surface area contributed by atoms with Crippen LogP contribution in [0.5, 0.6) is 0 Å². The van der Waals surface area contributed by atoms with Gasteiger partial charge in [0.2, 0.25) is 0 Å². The Morgan fingerprint density at radius 3 is 2.50 bits per heavy atom. The summed E-state index contributed by atoms with van der Waals surface area (Å²) in [5, 5.41) is 3.26. The van der Waals surface area contributed by atoms with Crippen molar-refractivity contribution in [3.63, 3.8) is 0 Å². The number of esters is 1. The van der Waals surface area contributed by atoms with Gasteiger partial charge in [-0.3, -0.25) is 9.69 Å². The number of ether oxygens (including phenoxy) is 1. The Kier molecular flexibility index (Phi) is 3.89. The van der Waals surface area contributed by atoms with Crippen LogP contribution in [0.15, 0.2) is 0 Å². The number of carbonyl (C=O) groups is 1. The fourth-order valence-corrected chi connectivity index (χ4v) is 1.66.